The number of ketones is 1. The number of carbonyl (C=O) groups is 1. The molecule has 20 heavy (non-hydrogen) atoms. The maximum Gasteiger partial charge on any atom is 0.154 e. The van der Waals surface area contributed by atoms with Gasteiger partial charge in [-0.05, 0) is 25.2 Å². The summed E-state index contributed by atoms with van der Waals surface area (Å²) in [7, 11) is 0. The van der Waals surface area contributed by atoms with E-state index in [-0.39, 0.29) is 29.4 Å². The third kappa shape index (κ3) is 3.07. The monoisotopic (exact) mass is 280 g/mol. The topological polar surface area (TPSA) is 83.0 Å². The molecule has 1 aliphatic rings. The molecule has 6 heteroatoms. The molecule has 1 aromatic heterocycles. The zero-order chi connectivity index (χ0) is 14.9. The highest BCUT2D eigenvalue weighted by Crippen LogP contribution is 2.31. The molecule has 3 atom stereocenters. The highest BCUT2D eigenvalue weighted by atomic mass is 16.5. The van der Waals surface area contributed by atoms with Gasteiger partial charge in [0.05, 0.1) is 18.3 Å². The minimum Gasteiger partial charge on any atom is -0.376 e. The van der Waals surface area contributed by atoms with Gasteiger partial charge in [0.1, 0.15) is 11.7 Å². The van der Waals surface area contributed by atoms with Gasteiger partial charge >= 0.3 is 0 Å². The molecule has 0 aliphatic carbocycles. The Kier molecular flexibility index (Phi) is 4.25. The lowest BCUT2D eigenvalue weighted by atomic mass is 9.84. The summed E-state index contributed by atoms with van der Waals surface area (Å²) in [5, 5.41) is 8.24. The van der Waals surface area contributed by atoms with Crippen molar-refractivity contribution < 1.29 is 9.53 Å². The second kappa shape index (κ2) is 5.61. The van der Waals surface area contributed by atoms with E-state index < -0.39 is 0 Å². The molecule has 0 amide bonds. The Morgan fingerprint density at radius 3 is 2.75 bits per heavy atom. The van der Waals surface area contributed by atoms with E-state index in [0.717, 1.165) is 19.4 Å². The van der Waals surface area contributed by atoms with Crippen molar-refractivity contribution in [3.8, 4) is 0 Å². The molecule has 1 saturated heterocycles. The summed E-state index contributed by atoms with van der Waals surface area (Å²) >= 11 is 0. The van der Waals surface area contributed by atoms with Crippen molar-refractivity contribution in [2.45, 2.75) is 58.7 Å². The summed E-state index contributed by atoms with van der Waals surface area (Å²) in [4.78, 5) is 11.9. The third-order valence-corrected chi connectivity index (χ3v) is 3.70. The van der Waals surface area contributed by atoms with E-state index in [2.05, 4.69) is 10.3 Å². The first-order chi connectivity index (χ1) is 9.30. The highest BCUT2D eigenvalue weighted by Gasteiger charge is 2.33. The first-order valence-electron chi connectivity index (χ1n) is 7.10. The molecule has 2 N–H and O–H groups in total. The molecule has 1 fully saturated rings. The molecule has 2 rings (SSSR count). The van der Waals surface area contributed by atoms with Gasteiger partial charge in [-0.3, -0.25) is 4.79 Å². The number of ether oxygens (including phenoxy) is 1. The van der Waals surface area contributed by atoms with Crippen LogP contribution in [-0.4, -0.2) is 33.5 Å². The second-order valence-electron chi connectivity index (χ2n) is 6.58. The molecule has 0 bridgehead atoms. The number of nitrogens with zero attached hydrogens (tertiary/aromatic N) is 3. The van der Waals surface area contributed by atoms with Crippen LogP contribution >= 0.6 is 0 Å². The van der Waals surface area contributed by atoms with Gasteiger partial charge < -0.3 is 10.5 Å². The average molecular weight is 280 g/mol. The van der Waals surface area contributed by atoms with Crippen molar-refractivity contribution in [1.82, 2.24) is 15.0 Å². The molecule has 0 spiro atoms. The predicted molar refractivity (Wildman–Crippen MR) is 75.1 cm³/mol. The minimum absolute atomic E-state index is 0.00515. The van der Waals surface area contributed by atoms with Gasteiger partial charge in [0.2, 0.25) is 0 Å². The van der Waals surface area contributed by atoms with Crippen LogP contribution in [0.1, 0.15) is 58.3 Å². The Morgan fingerprint density at radius 1 is 1.55 bits per heavy atom. The van der Waals surface area contributed by atoms with Crippen molar-refractivity contribution >= 4 is 5.78 Å². The van der Waals surface area contributed by atoms with E-state index in [1.54, 1.807) is 17.8 Å². The van der Waals surface area contributed by atoms with Gasteiger partial charge in [-0.15, -0.1) is 5.10 Å². The minimum atomic E-state index is -0.333. The maximum atomic E-state index is 11.9. The molecule has 6 nitrogen and oxygen atoms in total. The molecule has 0 radical (unpaired) electrons. The lowest BCUT2D eigenvalue weighted by Crippen LogP contribution is -2.30. The maximum absolute atomic E-state index is 11.9. The largest absolute Gasteiger partial charge is 0.376 e. The van der Waals surface area contributed by atoms with Gasteiger partial charge in [-0.2, -0.15) is 0 Å². The first-order valence-corrected chi connectivity index (χ1v) is 7.10. The Bertz CT molecular complexity index is 472. The summed E-state index contributed by atoms with van der Waals surface area (Å²) < 4.78 is 7.22. The fourth-order valence-corrected chi connectivity index (χ4v) is 2.84. The Labute approximate surface area is 119 Å². The molecule has 0 saturated carbocycles. The van der Waals surface area contributed by atoms with E-state index in [1.165, 1.54) is 0 Å². The number of carbonyl (C=O) groups excluding carboxylic acids is 1. The summed E-state index contributed by atoms with van der Waals surface area (Å²) in [6.07, 6.45) is 3.77. The van der Waals surface area contributed by atoms with Crippen LogP contribution in [0, 0.1) is 5.41 Å². The SMILES string of the molecule is CC(=O)C(n1cc(C(N)C2CCCO2)nn1)C(C)(C)C. The lowest BCUT2D eigenvalue weighted by molar-refractivity contribution is -0.123. The van der Waals surface area contributed by atoms with E-state index in [4.69, 9.17) is 10.5 Å². The summed E-state index contributed by atoms with van der Waals surface area (Å²) in [6, 6.07) is -0.612. The van der Waals surface area contributed by atoms with Crippen LogP contribution in [0.3, 0.4) is 0 Å². The van der Waals surface area contributed by atoms with E-state index in [9.17, 15) is 4.79 Å². The van der Waals surface area contributed by atoms with Crippen molar-refractivity contribution in [3.05, 3.63) is 11.9 Å². The quantitative estimate of drug-likeness (QED) is 0.906. The fourth-order valence-electron chi connectivity index (χ4n) is 2.84. The highest BCUT2D eigenvalue weighted by molar-refractivity contribution is 5.80. The number of nitrogens with two attached hydrogens (primary N) is 1. The number of rotatable bonds is 4. The van der Waals surface area contributed by atoms with Crippen LogP contribution in [-0.2, 0) is 9.53 Å². The van der Waals surface area contributed by atoms with Gasteiger partial charge in [0, 0.05) is 6.61 Å². The normalized spacial score (nSPS) is 22.8. The number of aromatic nitrogens is 3. The Hall–Kier alpha value is -1.27. The Balaban J connectivity index is 2.20. The summed E-state index contributed by atoms with van der Waals surface area (Å²) in [6.45, 7) is 8.38. The van der Waals surface area contributed by atoms with E-state index in [0.29, 0.717) is 5.69 Å². The Morgan fingerprint density at radius 2 is 2.25 bits per heavy atom. The van der Waals surface area contributed by atoms with Gasteiger partial charge in [-0.25, -0.2) is 4.68 Å². The number of hydrogen-bond donors (Lipinski definition) is 1. The number of hydrogen-bond acceptors (Lipinski definition) is 5. The van der Waals surface area contributed by atoms with Crippen LogP contribution in [0.4, 0.5) is 0 Å². The van der Waals surface area contributed by atoms with Crippen molar-refractivity contribution in [2.75, 3.05) is 6.61 Å². The second-order valence-corrected chi connectivity index (χ2v) is 6.58. The van der Waals surface area contributed by atoms with Crippen LogP contribution in [0.25, 0.3) is 0 Å². The lowest BCUT2D eigenvalue weighted by Gasteiger charge is -2.28. The van der Waals surface area contributed by atoms with Crippen LogP contribution in [0.15, 0.2) is 6.20 Å². The van der Waals surface area contributed by atoms with Crippen LogP contribution < -0.4 is 5.73 Å². The third-order valence-electron chi connectivity index (χ3n) is 3.70. The van der Waals surface area contributed by atoms with Gasteiger partial charge in [-0.1, -0.05) is 26.0 Å². The summed E-state index contributed by atoms with van der Waals surface area (Å²) in [5.41, 5.74) is 6.64. The average Bonchev–Trinajstić information content (AvgIpc) is 2.96. The smallest absolute Gasteiger partial charge is 0.154 e. The van der Waals surface area contributed by atoms with Gasteiger partial charge in [0.25, 0.3) is 0 Å². The molecule has 2 heterocycles. The van der Waals surface area contributed by atoms with E-state index >= 15 is 0 Å². The molecule has 0 aromatic carbocycles. The molecular weight excluding hydrogens is 256 g/mol. The predicted octanol–water partition coefficient (Wildman–Crippen LogP) is 1.63. The van der Waals surface area contributed by atoms with Crippen molar-refractivity contribution in [1.29, 1.82) is 0 Å². The molecular formula is C14H24N4O2. The van der Waals surface area contributed by atoms with Crippen molar-refractivity contribution in [2.24, 2.45) is 11.1 Å². The zero-order valence-corrected chi connectivity index (χ0v) is 12.7. The number of Topliss-reactive ketones (excluding diaryl/α,β-unsaturated/α-hetero) is 1. The first kappa shape index (κ1) is 15.1. The molecule has 112 valence electrons. The van der Waals surface area contributed by atoms with E-state index in [1.807, 2.05) is 20.8 Å². The summed E-state index contributed by atoms with van der Waals surface area (Å²) in [5.74, 6) is 0.0691. The van der Waals surface area contributed by atoms with Crippen molar-refractivity contribution in [3.63, 3.8) is 0 Å². The van der Waals surface area contributed by atoms with Gasteiger partial charge in [0.15, 0.2) is 5.78 Å². The van der Waals surface area contributed by atoms with Crippen LogP contribution in [0.2, 0.25) is 0 Å². The molecule has 3 unspecified atom stereocenters. The fraction of sp³-hybridized carbons (Fsp3) is 0.786. The van der Waals surface area contributed by atoms with Crippen LogP contribution in [0.5, 0.6) is 0 Å². The molecule has 1 aromatic rings. The molecule has 1 aliphatic heterocycles. The standard InChI is InChI=1S/C14H24N4O2/c1-9(19)13(14(2,3)4)18-8-10(16-17-18)12(15)11-6-5-7-20-11/h8,11-13H,5-7,15H2,1-4H3. The zero-order valence-electron chi connectivity index (χ0n) is 12.7.